The molecule has 3 N–H and O–H groups in total. The Hall–Kier alpha value is -4.49. The Morgan fingerprint density at radius 1 is 0.782 bits per heavy atom. The third kappa shape index (κ3) is 54.0. The number of ether oxygens (including phenoxy) is 2. The highest BCUT2D eigenvalue weighted by Gasteiger charge is 2.10. The Morgan fingerprint density at radius 2 is 1.22 bits per heavy atom. The van der Waals surface area contributed by atoms with Gasteiger partial charge >= 0.3 is 6.09 Å². The first-order valence-corrected chi connectivity index (χ1v) is 21.0. The molecule has 0 radical (unpaired) electrons. The summed E-state index contributed by atoms with van der Waals surface area (Å²) in [7, 11) is -0.326. The average Bonchev–Trinajstić information content (AvgIpc) is 3.21. The number of amides is 2. The number of hydrogen-bond donors (Lipinski definition) is 3. The number of carbonyl (C=O) groups is 2. The van der Waals surface area contributed by atoms with Crippen LogP contribution in [0.15, 0.2) is 84.9 Å². The van der Waals surface area contributed by atoms with Gasteiger partial charge in [0, 0.05) is 26.2 Å². The van der Waals surface area contributed by atoms with Crippen molar-refractivity contribution in [1.29, 1.82) is 0 Å². The van der Waals surface area contributed by atoms with Gasteiger partial charge in [-0.25, -0.2) is 13.2 Å². The lowest BCUT2D eigenvalue weighted by Crippen LogP contribution is -2.24. The molecule has 0 aliphatic carbocycles. The number of carbonyl (C=O) groups excluding carboxylic acids is 2. The molecule has 9 nitrogen and oxygen atoms in total. The largest absolute Gasteiger partial charge is 0.497 e. The quantitative estimate of drug-likeness (QED) is 0.139. The Bertz CT molecular complexity index is 1320. The lowest BCUT2D eigenvalue weighted by Gasteiger charge is -2.08. The van der Waals surface area contributed by atoms with E-state index in [0.717, 1.165) is 12.3 Å². The highest BCUT2D eigenvalue weighted by molar-refractivity contribution is 7.92. The zero-order valence-corrected chi connectivity index (χ0v) is 37.9. The fourth-order valence-corrected chi connectivity index (χ4v) is 3.99. The molecule has 10 heteroatoms. The summed E-state index contributed by atoms with van der Waals surface area (Å²) in [4.78, 5) is 20.7. The van der Waals surface area contributed by atoms with Gasteiger partial charge in [-0.15, -0.1) is 12.8 Å². The molecule has 0 fully saturated rings. The van der Waals surface area contributed by atoms with Crippen LogP contribution in [0.5, 0.6) is 5.75 Å². The predicted molar refractivity (Wildman–Crippen MR) is 240 cm³/mol. The van der Waals surface area contributed by atoms with Crippen molar-refractivity contribution in [2.45, 2.75) is 116 Å². The summed E-state index contributed by atoms with van der Waals surface area (Å²) in [6, 6.07) is 27.3. The van der Waals surface area contributed by atoms with E-state index >= 15 is 0 Å². The summed E-state index contributed by atoms with van der Waals surface area (Å²) in [5.74, 6) is 1.34. The molecule has 0 aliphatic rings. The number of hydrogen-bond acceptors (Lipinski definition) is 6. The average molecular weight is 790 g/mol. The molecular weight excluding hydrogens is 711 g/mol. The monoisotopic (exact) mass is 790 g/mol. The molecule has 0 unspecified atom stereocenters. The second-order valence-corrected chi connectivity index (χ2v) is 12.8. The summed E-state index contributed by atoms with van der Waals surface area (Å²) >= 11 is 0. The van der Waals surface area contributed by atoms with E-state index in [1.807, 2.05) is 52.0 Å². The maximum atomic E-state index is 11.7. The van der Waals surface area contributed by atoms with E-state index in [-0.39, 0.29) is 17.8 Å². The Morgan fingerprint density at radius 3 is 1.49 bits per heavy atom. The molecule has 316 valence electrons. The van der Waals surface area contributed by atoms with Crippen LogP contribution in [0, 0.1) is 25.7 Å². The number of benzene rings is 3. The molecule has 0 spiro atoms. The molecule has 0 bridgehead atoms. The predicted octanol–water partition coefficient (Wildman–Crippen LogP) is 11.3. The van der Waals surface area contributed by atoms with Crippen LogP contribution < -0.4 is 20.1 Å². The lowest BCUT2D eigenvalue weighted by molar-refractivity contribution is -0.118. The normalized spacial score (nSPS) is 8.62. The third-order valence-corrected chi connectivity index (χ3v) is 7.19. The molecule has 0 saturated heterocycles. The Labute approximate surface area is 338 Å². The number of aryl methyl sites for hydroxylation is 2. The number of sulfonamides is 1. The van der Waals surface area contributed by atoms with Crippen LogP contribution in [0.4, 0.5) is 10.5 Å². The van der Waals surface area contributed by atoms with Crippen molar-refractivity contribution in [3.05, 3.63) is 96.1 Å². The zero-order chi connectivity index (χ0) is 43.9. The van der Waals surface area contributed by atoms with Crippen molar-refractivity contribution < 1.29 is 27.5 Å². The van der Waals surface area contributed by atoms with Gasteiger partial charge < -0.3 is 20.1 Å². The van der Waals surface area contributed by atoms with Gasteiger partial charge in [0.05, 0.1) is 19.5 Å². The van der Waals surface area contributed by atoms with Gasteiger partial charge in [0.25, 0.3) is 0 Å². The van der Waals surface area contributed by atoms with E-state index in [4.69, 9.17) is 4.74 Å². The van der Waals surface area contributed by atoms with Gasteiger partial charge in [0.15, 0.2) is 0 Å². The van der Waals surface area contributed by atoms with Crippen LogP contribution in [0.1, 0.15) is 113 Å². The molecule has 0 aromatic heterocycles. The number of alkyl carbamates (subject to hydrolysis) is 1. The van der Waals surface area contributed by atoms with Gasteiger partial charge in [-0.1, -0.05) is 148 Å². The standard InChI is InChI=1S/C12H18N2O4S.C8H10.C7H8.C5H12.C4H9NO2.C3H8.2C2H6.C2H2/c1-10(15)13-8-3-9-19(16,17)14-11-4-6-12(18-2)7-5-11;1-2-8-6-4-3-5-7-8;1-7-5-3-2-4-6-7;1-4-5(2)3;1-3-7-4(6)5-2;1-3-2;3*1-2/h4-7,14H,3,8-9H2,1-2H3,(H,13,15);3-7H,2H2,1H3;2-6H,1H3;5H,4H2,1-3H3;3H2,1-2H3,(H,5,6);3H2,1-2H3;2*1-2H3;1-2H. The molecule has 3 rings (SSSR count). The minimum atomic E-state index is -3.39. The molecule has 3 aromatic rings. The second-order valence-electron chi connectivity index (χ2n) is 11.0. The van der Waals surface area contributed by atoms with Crippen molar-refractivity contribution in [3.63, 3.8) is 0 Å². The van der Waals surface area contributed by atoms with Crippen molar-refractivity contribution in [1.82, 2.24) is 10.6 Å². The minimum absolute atomic E-state index is 0.0424. The molecule has 0 saturated carbocycles. The fourth-order valence-electron chi connectivity index (χ4n) is 2.87. The summed E-state index contributed by atoms with van der Waals surface area (Å²) in [5.41, 5.74) is 3.22. The van der Waals surface area contributed by atoms with Crippen LogP contribution >= 0.6 is 0 Å². The number of anilines is 1. The first-order chi connectivity index (χ1) is 26.2. The van der Waals surface area contributed by atoms with E-state index < -0.39 is 10.0 Å². The van der Waals surface area contributed by atoms with Crippen LogP contribution in [0.25, 0.3) is 0 Å². The van der Waals surface area contributed by atoms with Crippen LogP contribution in [-0.4, -0.2) is 53.5 Å². The summed E-state index contributed by atoms with van der Waals surface area (Å²) in [6.45, 7) is 27.1. The molecule has 0 heterocycles. The minimum Gasteiger partial charge on any atom is -0.497 e. The SMILES string of the molecule is C#C.CC.CC.CCC.CCC(C)C.CCOC(=O)NC.CCc1ccccc1.COc1ccc(NS(=O)(=O)CCCNC(C)=O)cc1.Cc1ccccc1. The molecule has 3 aromatic carbocycles. The van der Waals surface area contributed by atoms with Crippen LogP contribution in [0.3, 0.4) is 0 Å². The first kappa shape index (κ1) is 62.5. The van der Waals surface area contributed by atoms with Gasteiger partial charge in [-0.3, -0.25) is 9.52 Å². The smallest absolute Gasteiger partial charge is 0.406 e. The van der Waals surface area contributed by atoms with E-state index in [1.54, 1.807) is 38.3 Å². The van der Waals surface area contributed by atoms with Gasteiger partial charge in [0.2, 0.25) is 15.9 Å². The molecular formula is C45H79N3O6S. The number of terminal acetylenes is 1. The van der Waals surface area contributed by atoms with Crippen molar-refractivity contribution in [2.75, 3.05) is 37.8 Å². The van der Waals surface area contributed by atoms with Crippen molar-refractivity contribution >= 4 is 27.7 Å². The maximum Gasteiger partial charge on any atom is 0.406 e. The lowest BCUT2D eigenvalue weighted by atomic mass is 10.2. The van der Waals surface area contributed by atoms with E-state index in [1.165, 1.54) is 37.9 Å². The summed E-state index contributed by atoms with van der Waals surface area (Å²) in [5, 5.41) is 4.85. The first-order valence-electron chi connectivity index (χ1n) is 19.4. The highest BCUT2D eigenvalue weighted by Crippen LogP contribution is 2.16. The van der Waals surface area contributed by atoms with E-state index in [0.29, 0.717) is 31.0 Å². The zero-order valence-electron chi connectivity index (χ0n) is 37.1. The summed E-state index contributed by atoms with van der Waals surface area (Å²) in [6.07, 6.45) is 11.7. The molecule has 55 heavy (non-hydrogen) atoms. The van der Waals surface area contributed by atoms with E-state index in [2.05, 4.69) is 118 Å². The number of methoxy groups -OCH3 is 1. The number of nitrogens with one attached hydrogen (secondary N) is 3. The highest BCUT2D eigenvalue weighted by atomic mass is 32.2. The Balaban J connectivity index is -0.000000140. The maximum absolute atomic E-state index is 11.7. The van der Waals surface area contributed by atoms with Gasteiger partial charge in [-0.05, 0) is 62.4 Å². The molecule has 2 amide bonds. The van der Waals surface area contributed by atoms with Gasteiger partial charge in [-0.2, -0.15) is 0 Å². The summed E-state index contributed by atoms with van der Waals surface area (Å²) < 4.78 is 35.4. The molecule has 0 aliphatic heterocycles. The Kier molecular flexibility index (Phi) is 56.3. The topological polar surface area (TPSA) is 123 Å². The fraction of sp³-hybridized carbons (Fsp3) is 0.511. The third-order valence-electron chi connectivity index (χ3n) is 5.81. The van der Waals surface area contributed by atoms with Crippen molar-refractivity contribution in [2.24, 2.45) is 5.92 Å². The van der Waals surface area contributed by atoms with E-state index in [9.17, 15) is 18.0 Å². The van der Waals surface area contributed by atoms with Crippen molar-refractivity contribution in [3.8, 4) is 18.6 Å². The number of rotatable bonds is 10. The second kappa shape index (κ2) is 49.5. The molecule has 0 atom stereocenters. The van der Waals surface area contributed by atoms with Gasteiger partial charge in [0.1, 0.15) is 5.75 Å². The van der Waals surface area contributed by atoms with Crippen LogP contribution in [0.2, 0.25) is 0 Å². The van der Waals surface area contributed by atoms with Crippen LogP contribution in [-0.2, 0) is 26.0 Å².